The van der Waals surface area contributed by atoms with E-state index in [1.165, 1.54) is 5.69 Å². The van der Waals surface area contributed by atoms with Crippen molar-refractivity contribution in [2.75, 3.05) is 6.54 Å². The number of benzene rings is 1. The highest BCUT2D eigenvalue weighted by Gasteiger charge is 2.09. The van der Waals surface area contributed by atoms with Crippen LogP contribution in [0.2, 0.25) is 0 Å². The molecular weight excluding hydrogens is 238 g/mol. The molecule has 102 valence electrons. The third-order valence-corrected chi connectivity index (χ3v) is 3.41. The van der Waals surface area contributed by atoms with Gasteiger partial charge in [0.25, 0.3) is 0 Å². The minimum atomic E-state index is 0.133. The molecule has 19 heavy (non-hydrogen) atoms. The van der Waals surface area contributed by atoms with Gasteiger partial charge in [-0.05, 0) is 31.5 Å². The lowest BCUT2D eigenvalue weighted by molar-refractivity contribution is 0.452. The topological polar surface area (TPSA) is 50.1 Å². The lowest BCUT2D eigenvalue weighted by atomic mass is 10.0. The number of nitrogens with one attached hydrogen (secondary N) is 1. The highest BCUT2D eigenvalue weighted by atomic mass is 16.3. The van der Waals surface area contributed by atoms with Crippen molar-refractivity contribution >= 4 is 0 Å². The Morgan fingerprint density at radius 2 is 2.16 bits per heavy atom. The maximum atomic E-state index is 9.94. The summed E-state index contributed by atoms with van der Waals surface area (Å²) in [6.45, 7) is 4.89. The van der Waals surface area contributed by atoms with E-state index in [-0.39, 0.29) is 6.04 Å². The molecule has 0 bridgehead atoms. The molecule has 0 aliphatic carbocycles. The zero-order valence-corrected chi connectivity index (χ0v) is 11.7. The van der Waals surface area contributed by atoms with E-state index >= 15 is 0 Å². The Labute approximate surface area is 114 Å². The van der Waals surface area contributed by atoms with Crippen molar-refractivity contribution in [2.45, 2.75) is 26.3 Å². The van der Waals surface area contributed by atoms with Crippen LogP contribution >= 0.6 is 0 Å². The predicted molar refractivity (Wildman–Crippen MR) is 76.2 cm³/mol. The highest BCUT2D eigenvalue weighted by Crippen LogP contribution is 2.24. The monoisotopic (exact) mass is 259 g/mol. The van der Waals surface area contributed by atoms with Gasteiger partial charge in [0.2, 0.25) is 0 Å². The number of hydrogen-bond acceptors (Lipinski definition) is 3. The van der Waals surface area contributed by atoms with Crippen molar-refractivity contribution in [2.24, 2.45) is 7.05 Å². The second-order valence-electron chi connectivity index (χ2n) is 4.93. The normalized spacial score (nSPS) is 12.6. The minimum Gasteiger partial charge on any atom is -0.508 e. The SMILES string of the molecule is Cc1ccc(C(C)NCCc2ccnn2C)c(O)c1. The van der Waals surface area contributed by atoms with Gasteiger partial charge in [0.15, 0.2) is 0 Å². The summed E-state index contributed by atoms with van der Waals surface area (Å²) in [6, 6.07) is 7.96. The van der Waals surface area contributed by atoms with Crippen LogP contribution in [0, 0.1) is 6.92 Å². The van der Waals surface area contributed by atoms with E-state index in [9.17, 15) is 5.11 Å². The molecule has 4 nitrogen and oxygen atoms in total. The van der Waals surface area contributed by atoms with E-state index in [1.54, 1.807) is 6.07 Å². The molecule has 1 aromatic heterocycles. The molecule has 2 N–H and O–H groups in total. The molecule has 0 aliphatic rings. The number of hydrogen-bond donors (Lipinski definition) is 2. The maximum Gasteiger partial charge on any atom is 0.120 e. The average molecular weight is 259 g/mol. The van der Waals surface area contributed by atoms with Crippen molar-refractivity contribution in [3.8, 4) is 5.75 Å². The van der Waals surface area contributed by atoms with E-state index < -0.39 is 0 Å². The third-order valence-electron chi connectivity index (χ3n) is 3.41. The summed E-state index contributed by atoms with van der Waals surface area (Å²) in [5.41, 5.74) is 3.21. The van der Waals surface area contributed by atoms with Crippen LogP contribution in [0.25, 0.3) is 0 Å². The Bertz CT molecular complexity index is 548. The Kier molecular flexibility index (Phi) is 4.22. The first kappa shape index (κ1) is 13.6. The molecule has 0 saturated carbocycles. The Morgan fingerprint density at radius 3 is 2.79 bits per heavy atom. The van der Waals surface area contributed by atoms with Crippen LogP contribution in [0.3, 0.4) is 0 Å². The second-order valence-corrected chi connectivity index (χ2v) is 4.93. The summed E-state index contributed by atoms with van der Waals surface area (Å²) >= 11 is 0. The fraction of sp³-hybridized carbons (Fsp3) is 0.400. The number of nitrogens with zero attached hydrogens (tertiary/aromatic N) is 2. The van der Waals surface area contributed by atoms with Gasteiger partial charge in [0.05, 0.1) is 0 Å². The number of aromatic hydroxyl groups is 1. The number of aryl methyl sites for hydroxylation is 2. The second kappa shape index (κ2) is 5.89. The first-order chi connectivity index (χ1) is 9.08. The lowest BCUT2D eigenvalue weighted by Crippen LogP contribution is -2.22. The van der Waals surface area contributed by atoms with Crippen LogP contribution < -0.4 is 5.32 Å². The van der Waals surface area contributed by atoms with Gasteiger partial charge in [-0.1, -0.05) is 12.1 Å². The molecule has 0 saturated heterocycles. The number of aromatic nitrogens is 2. The molecule has 2 rings (SSSR count). The summed E-state index contributed by atoms with van der Waals surface area (Å²) in [5, 5.41) is 17.5. The van der Waals surface area contributed by atoms with Gasteiger partial charge >= 0.3 is 0 Å². The van der Waals surface area contributed by atoms with Gasteiger partial charge < -0.3 is 10.4 Å². The molecule has 1 heterocycles. The van der Waals surface area contributed by atoms with Crippen LogP contribution in [0.1, 0.15) is 29.8 Å². The molecule has 0 radical (unpaired) electrons. The largest absolute Gasteiger partial charge is 0.508 e. The third kappa shape index (κ3) is 3.35. The molecule has 0 aliphatic heterocycles. The Hall–Kier alpha value is -1.81. The molecule has 0 spiro atoms. The molecule has 1 atom stereocenters. The van der Waals surface area contributed by atoms with Crippen LogP contribution in [0.15, 0.2) is 30.5 Å². The summed E-state index contributed by atoms with van der Waals surface area (Å²) in [6.07, 6.45) is 2.73. The van der Waals surface area contributed by atoms with Crippen molar-refractivity contribution < 1.29 is 5.11 Å². The van der Waals surface area contributed by atoms with Crippen molar-refractivity contribution in [3.63, 3.8) is 0 Å². The van der Waals surface area contributed by atoms with Crippen LogP contribution in [0.4, 0.5) is 0 Å². The Morgan fingerprint density at radius 1 is 1.37 bits per heavy atom. The van der Waals surface area contributed by atoms with Gasteiger partial charge in [0.1, 0.15) is 5.75 Å². The Balaban J connectivity index is 1.91. The van der Waals surface area contributed by atoms with Crippen molar-refractivity contribution in [1.82, 2.24) is 15.1 Å². The van der Waals surface area contributed by atoms with Gasteiger partial charge in [-0.25, -0.2) is 0 Å². The molecule has 0 fully saturated rings. The van der Waals surface area contributed by atoms with Crippen LogP contribution in [0.5, 0.6) is 5.75 Å². The van der Waals surface area contributed by atoms with Crippen molar-refractivity contribution in [1.29, 1.82) is 0 Å². The molecule has 4 heteroatoms. The maximum absolute atomic E-state index is 9.94. The number of phenols is 1. The average Bonchev–Trinajstić information content (AvgIpc) is 2.75. The van der Waals surface area contributed by atoms with E-state index in [0.717, 1.165) is 24.1 Å². The van der Waals surface area contributed by atoms with Gasteiger partial charge in [-0.15, -0.1) is 0 Å². The van der Waals surface area contributed by atoms with Crippen molar-refractivity contribution in [3.05, 3.63) is 47.3 Å². The zero-order valence-electron chi connectivity index (χ0n) is 11.7. The standard InChI is InChI=1S/C15H21N3O/c1-11-4-5-14(15(19)10-11)12(2)16-8-6-13-7-9-17-18(13)3/h4-5,7,9-10,12,16,19H,6,8H2,1-3H3. The summed E-state index contributed by atoms with van der Waals surface area (Å²) in [5.74, 6) is 0.362. The van der Waals surface area contributed by atoms with E-state index in [0.29, 0.717) is 5.75 Å². The summed E-state index contributed by atoms with van der Waals surface area (Å²) < 4.78 is 1.88. The van der Waals surface area contributed by atoms with E-state index in [1.807, 2.05) is 43.0 Å². The van der Waals surface area contributed by atoms with Gasteiger partial charge in [0, 0.05) is 43.5 Å². The fourth-order valence-corrected chi connectivity index (χ4v) is 2.19. The molecule has 1 aromatic carbocycles. The molecule has 0 amide bonds. The minimum absolute atomic E-state index is 0.133. The highest BCUT2D eigenvalue weighted by molar-refractivity contribution is 5.37. The first-order valence-corrected chi connectivity index (χ1v) is 6.57. The summed E-state index contributed by atoms with van der Waals surface area (Å²) in [7, 11) is 1.95. The quantitative estimate of drug-likeness (QED) is 0.866. The van der Waals surface area contributed by atoms with Gasteiger partial charge in [-0.3, -0.25) is 4.68 Å². The van der Waals surface area contributed by atoms with E-state index in [2.05, 4.69) is 17.3 Å². The number of rotatable bonds is 5. The van der Waals surface area contributed by atoms with Gasteiger partial charge in [-0.2, -0.15) is 5.10 Å². The zero-order chi connectivity index (χ0) is 13.8. The predicted octanol–water partition coefficient (Wildman–Crippen LogP) is 2.33. The van der Waals surface area contributed by atoms with Crippen LogP contribution in [-0.4, -0.2) is 21.4 Å². The van der Waals surface area contributed by atoms with E-state index in [4.69, 9.17) is 0 Å². The summed E-state index contributed by atoms with van der Waals surface area (Å²) in [4.78, 5) is 0. The molecule has 1 unspecified atom stereocenters. The molecule has 2 aromatic rings. The lowest BCUT2D eigenvalue weighted by Gasteiger charge is -2.16. The number of phenolic OH excluding ortho intramolecular Hbond substituents is 1. The smallest absolute Gasteiger partial charge is 0.120 e. The fourth-order valence-electron chi connectivity index (χ4n) is 2.19. The van der Waals surface area contributed by atoms with Crippen LogP contribution in [-0.2, 0) is 13.5 Å². The molecular formula is C15H21N3O. The first-order valence-electron chi connectivity index (χ1n) is 6.57.